The van der Waals surface area contributed by atoms with Gasteiger partial charge in [0.1, 0.15) is 11.5 Å². The van der Waals surface area contributed by atoms with Gasteiger partial charge < -0.3 is 15.1 Å². The highest BCUT2D eigenvalue weighted by Gasteiger charge is 2.17. The van der Waals surface area contributed by atoms with Crippen molar-refractivity contribution in [2.45, 2.75) is 38.8 Å². The van der Waals surface area contributed by atoms with Gasteiger partial charge >= 0.3 is 0 Å². The van der Waals surface area contributed by atoms with Crippen LogP contribution in [0.1, 0.15) is 37.3 Å². The highest BCUT2D eigenvalue weighted by atomic mass is 16.3. The highest BCUT2D eigenvalue weighted by Crippen LogP contribution is 2.17. The Labute approximate surface area is 91.2 Å². The molecule has 1 aromatic heterocycles. The molecule has 0 aromatic carbocycles. The van der Waals surface area contributed by atoms with Crippen LogP contribution in [0.25, 0.3) is 0 Å². The lowest BCUT2D eigenvalue weighted by Crippen LogP contribution is -2.43. The molecule has 0 radical (unpaired) electrons. The fraction of sp³-hybridized carbons (Fsp3) is 0.667. The third-order valence-corrected chi connectivity index (χ3v) is 2.97. The van der Waals surface area contributed by atoms with Gasteiger partial charge in [-0.2, -0.15) is 0 Å². The molecule has 2 unspecified atom stereocenters. The van der Waals surface area contributed by atoms with Crippen molar-refractivity contribution >= 4 is 0 Å². The molecule has 3 heteroatoms. The zero-order chi connectivity index (χ0) is 10.7. The lowest BCUT2D eigenvalue weighted by Gasteiger charge is -2.26. The van der Waals surface area contributed by atoms with Crippen LogP contribution >= 0.6 is 0 Å². The average molecular weight is 208 g/mol. The van der Waals surface area contributed by atoms with Crippen LogP contribution in [0, 0.1) is 6.92 Å². The van der Waals surface area contributed by atoms with E-state index < -0.39 is 0 Å². The zero-order valence-corrected chi connectivity index (χ0v) is 9.55. The summed E-state index contributed by atoms with van der Waals surface area (Å²) in [4.78, 5) is 0. The molecule has 0 saturated carbocycles. The number of hydrogen-bond acceptors (Lipinski definition) is 3. The lowest BCUT2D eigenvalue weighted by atomic mass is 10.1. The SMILES string of the molecule is Cc1ccc(C(C)NC2CCCNC2)o1. The van der Waals surface area contributed by atoms with Crippen LogP contribution < -0.4 is 10.6 Å². The van der Waals surface area contributed by atoms with Gasteiger partial charge in [-0.1, -0.05) is 0 Å². The predicted octanol–water partition coefficient (Wildman–Crippen LogP) is 1.99. The summed E-state index contributed by atoms with van der Waals surface area (Å²) in [5.41, 5.74) is 0. The van der Waals surface area contributed by atoms with Crippen molar-refractivity contribution < 1.29 is 4.42 Å². The first-order valence-electron chi connectivity index (χ1n) is 5.79. The van der Waals surface area contributed by atoms with E-state index in [1.54, 1.807) is 0 Å². The maximum atomic E-state index is 5.60. The minimum atomic E-state index is 0.309. The van der Waals surface area contributed by atoms with Gasteiger partial charge in [-0.3, -0.25) is 0 Å². The quantitative estimate of drug-likeness (QED) is 0.797. The van der Waals surface area contributed by atoms with Gasteiger partial charge in [-0.25, -0.2) is 0 Å². The van der Waals surface area contributed by atoms with Gasteiger partial charge in [0.2, 0.25) is 0 Å². The Morgan fingerprint density at radius 3 is 3.00 bits per heavy atom. The Kier molecular flexibility index (Phi) is 3.44. The molecule has 1 aliphatic heterocycles. The van der Waals surface area contributed by atoms with Crippen LogP contribution in [0.15, 0.2) is 16.5 Å². The molecule has 3 nitrogen and oxygen atoms in total. The van der Waals surface area contributed by atoms with Gasteiger partial charge in [0.25, 0.3) is 0 Å². The number of nitrogens with one attached hydrogen (secondary N) is 2. The smallest absolute Gasteiger partial charge is 0.120 e. The van der Waals surface area contributed by atoms with E-state index in [9.17, 15) is 0 Å². The summed E-state index contributed by atoms with van der Waals surface area (Å²) in [5, 5.41) is 7.00. The largest absolute Gasteiger partial charge is 0.465 e. The average Bonchev–Trinajstić information content (AvgIpc) is 2.66. The van der Waals surface area contributed by atoms with Gasteiger partial charge in [0.15, 0.2) is 0 Å². The number of hydrogen-bond donors (Lipinski definition) is 2. The molecular formula is C12H20N2O. The topological polar surface area (TPSA) is 37.2 Å². The van der Waals surface area contributed by atoms with Crippen LogP contribution in [-0.4, -0.2) is 19.1 Å². The van der Waals surface area contributed by atoms with E-state index in [1.165, 1.54) is 12.8 Å². The van der Waals surface area contributed by atoms with Crippen molar-refractivity contribution in [3.63, 3.8) is 0 Å². The summed E-state index contributed by atoms with van der Waals surface area (Å²) in [7, 11) is 0. The Balaban J connectivity index is 1.88. The van der Waals surface area contributed by atoms with Crippen LogP contribution in [0.3, 0.4) is 0 Å². The molecule has 1 aromatic rings. The number of furan rings is 1. The molecule has 1 aliphatic rings. The van der Waals surface area contributed by atoms with Crippen molar-refractivity contribution in [3.8, 4) is 0 Å². The van der Waals surface area contributed by atoms with Crippen molar-refractivity contribution in [1.29, 1.82) is 0 Å². The maximum absolute atomic E-state index is 5.60. The Bertz CT molecular complexity index is 302. The summed E-state index contributed by atoms with van der Waals surface area (Å²) < 4.78 is 5.60. The number of piperidine rings is 1. The third-order valence-electron chi connectivity index (χ3n) is 2.97. The molecule has 1 fully saturated rings. The molecule has 2 atom stereocenters. The van der Waals surface area contributed by atoms with Crippen LogP contribution in [-0.2, 0) is 0 Å². The fourth-order valence-electron chi connectivity index (χ4n) is 2.12. The molecule has 0 amide bonds. The number of rotatable bonds is 3. The minimum Gasteiger partial charge on any atom is -0.465 e. The monoisotopic (exact) mass is 208 g/mol. The molecule has 0 aliphatic carbocycles. The molecular weight excluding hydrogens is 188 g/mol. The summed E-state index contributed by atoms with van der Waals surface area (Å²) >= 11 is 0. The van der Waals surface area contributed by atoms with Gasteiger partial charge in [0, 0.05) is 12.6 Å². The molecule has 84 valence electrons. The van der Waals surface area contributed by atoms with E-state index >= 15 is 0 Å². The summed E-state index contributed by atoms with van der Waals surface area (Å²) in [6.45, 7) is 6.38. The van der Waals surface area contributed by atoms with E-state index in [0.717, 1.165) is 24.6 Å². The van der Waals surface area contributed by atoms with Gasteiger partial charge in [-0.15, -0.1) is 0 Å². The number of aryl methyl sites for hydroxylation is 1. The second-order valence-electron chi connectivity index (χ2n) is 4.38. The summed E-state index contributed by atoms with van der Waals surface area (Å²) in [5.74, 6) is 2.03. The maximum Gasteiger partial charge on any atom is 0.120 e. The Morgan fingerprint density at radius 1 is 1.53 bits per heavy atom. The van der Waals surface area contributed by atoms with Crippen molar-refractivity contribution in [1.82, 2.24) is 10.6 Å². The van der Waals surface area contributed by atoms with Crippen LogP contribution in [0.5, 0.6) is 0 Å². The minimum absolute atomic E-state index is 0.309. The first-order valence-corrected chi connectivity index (χ1v) is 5.79. The normalized spacial score (nSPS) is 24.0. The van der Waals surface area contributed by atoms with E-state index in [1.807, 2.05) is 13.0 Å². The van der Waals surface area contributed by atoms with E-state index in [0.29, 0.717) is 12.1 Å². The molecule has 0 bridgehead atoms. The standard InChI is InChI=1S/C12H20N2O/c1-9-5-6-12(15-9)10(2)14-11-4-3-7-13-8-11/h5-6,10-11,13-14H,3-4,7-8H2,1-2H3. The Hall–Kier alpha value is -0.800. The zero-order valence-electron chi connectivity index (χ0n) is 9.55. The first kappa shape index (κ1) is 10.7. The molecule has 0 spiro atoms. The fourth-order valence-corrected chi connectivity index (χ4v) is 2.12. The lowest BCUT2D eigenvalue weighted by molar-refractivity contribution is 0.332. The van der Waals surface area contributed by atoms with E-state index in [4.69, 9.17) is 4.42 Å². The second-order valence-corrected chi connectivity index (χ2v) is 4.38. The predicted molar refractivity (Wildman–Crippen MR) is 60.9 cm³/mol. The van der Waals surface area contributed by atoms with Crippen molar-refractivity contribution in [2.75, 3.05) is 13.1 Å². The van der Waals surface area contributed by atoms with Crippen LogP contribution in [0.2, 0.25) is 0 Å². The molecule has 1 saturated heterocycles. The molecule has 2 rings (SSSR count). The summed E-state index contributed by atoms with van der Waals surface area (Å²) in [6.07, 6.45) is 2.53. The summed E-state index contributed by atoms with van der Waals surface area (Å²) in [6, 6.07) is 4.97. The Morgan fingerprint density at radius 2 is 2.40 bits per heavy atom. The van der Waals surface area contributed by atoms with Crippen LogP contribution in [0.4, 0.5) is 0 Å². The molecule has 2 N–H and O–H groups in total. The van der Waals surface area contributed by atoms with Crippen molar-refractivity contribution in [3.05, 3.63) is 23.7 Å². The van der Waals surface area contributed by atoms with Gasteiger partial charge in [0.05, 0.1) is 6.04 Å². The van der Waals surface area contributed by atoms with Crippen molar-refractivity contribution in [2.24, 2.45) is 0 Å². The molecule has 2 heterocycles. The molecule has 15 heavy (non-hydrogen) atoms. The third kappa shape index (κ3) is 2.83. The van der Waals surface area contributed by atoms with Gasteiger partial charge in [-0.05, 0) is 45.4 Å². The van der Waals surface area contributed by atoms with E-state index in [2.05, 4.69) is 23.6 Å². The second kappa shape index (κ2) is 4.81. The highest BCUT2D eigenvalue weighted by molar-refractivity contribution is 5.09. The first-order chi connectivity index (χ1) is 7.25. The van der Waals surface area contributed by atoms with E-state index in [-0.39, 0.29) is 0 Å².